The molecule has 0 amide bonds. The van der Waals surface area contributed by atoms with Crippen LogP contribution in [0.2, 0.25) is 0 Å². The summed E-state index contributed by atoms with van der Waals surface area (Å²) in [6.07, 6.45) is 14.3. The van der Waals surface area contributed by atoms with Crippen LogP contribution in [0, 0.1) is 0 Å². The molecule has 0 aromatic carbocycles. The van der Waals surface area contributed by atoms with Crippen molar-refractivity contribution in [3.05, 3.63) is 0 Å². The van der Waals surface area contributed by atoms with E-state index in [0.29, 0.717) is 6.10 Å². The van der Waals surface area contributed by atoms with E-state index in [2.05, 4.69) is 6.92 Å². The fourth-order valence-electron chi connectivity index (χ4n) is 2.07. The van der Waals surface area contributed by atoms with Gasteiger partial charge in [0.05, 0.1) is 13.2 Å². The first kappa shape index (κ1) is 15.0. The van der Waals surface area contributed by atoms with E-state index >= 15 is 0 Å². The Morgan fingerprint density at radius 1 is 0.941 bits per heavy atom. The van der Waals surface area contributed by atoms with Crippen molar-refractivity contribution in [2.24, 2.45) is 0 Å². The molecule has 1 aliphatic rings. The molecule has 0 aromatic rings. The molecular weight excluding hydrogens is 218 g/mol. The van der Waals surface area contributed by atoms with Crippen LogP contribution >= 0.6 is 0 Å². The Kier molecular flexibility index (Phi) is 9.72. The number of rotatable bonds is 13. The van der Waals surface area contributed by atoms with Gasteiger partial charge in [0.2, 0.25) is 0 Å². The van der Waals surface area contributed by atoms with Gasteiger partial charge in [-0.15, -0.1) is 0 Å². The van der Waals surface area contributed by atoms with Crippen molar-refractivity contribution in [2.45, 2.75) is 77.2 Å². The molecular formula is C15H30O2. The van der Waals surface area contributed by atoms with E-state index in [1.807, 2.05) is 0 Å². The van der Waals surface area contributed by atoms with E-state index in [4.69, 9.17) is 9.47 Å². The van der Waals surface area contributed by atoms with Crippen LogP contribution in [0.15, 0.2) is 0 Å². The smallest absolute Gasteiger partial charge is 0.104 e. The summed E-state index contributed by atoms with van der Waals surface area (Å²) >= 11 is 0. The average molecular weight is 248 g/mol. The molecule has 2 heteroatoms. The normalized spacial score (nSPS) is 18.5. The minimum Gasteiger partial charge on any atom is -0.379 e. The number of epoxide rings is 1. The first-order chi connectivity index (χ1) is 8.43. The Bertz CT molecular complexity index is 155. The number of hydrogen-bond acceptors (Lipinski definition) is 2. The second-order valence-electron chi connectivity index (χ2n) is 5.21. The summed E-state index contributed by atoms with van der Waals surface area (Å²) in [5.74, 6) is 0. The lowest BCUT2D eigenvalue weighted by atomic mass is 10.1. The summed E-state index contributed by atoms with van der Waals surface area (Å²) in [7, 11) is 0. The summed E-state index contributed by atoms with van der Waals surface area (Å²) in [6, 6.07) is 0. The van der Waals surface area contributed by atoms with Crippen molar-refractivity contribution in [1.82, 2.24) is 0 Å². The second kappa shape index (κ2) is 11.0. The van der Waals surface area contributed by atoms with E-state index < -0.39 is 0 Å². The predicted octanol–water partition coefficient (Wildman–Crippen LogP) is 4.32. The largest absolute Gasteiger partial charge is 0.379 e. The maximum atomic E-state index is 5.50. The third-order valence-corrected chi connectivity index (χ3v) is 3.35. The van der Waals surface area contributed by atoms with Gasteiger partial charge in [-0.2, -0.15) is 0 Å². The molecule has 1 rings (SSSR count). The van der Waals surface area contributed by atoms with Gasteiger partial charge >= 0.3 is 0 Å². The van der Waals surface area contributed by atoms with Crippen LogP contribution in [0.1, 0.15) is 71.1 Å². The quantitative estimate of drug-likeness (QED) is 0.357. The van der Waals surface area contributed by atoms with Crippen LogP contribution in [0.3, 0.4) is 0 Å². The van der Waals surface area contributed by atoms with E-state index in [1.165, 1.54) is 64.2 Å². The lowest BCUT2D eigenvalue weighted by Gasteiger charge is -2.03. The van der Waals surface area contributed by atoms with Gasteiger partial charge in [0.25, 0.3) is 0 Å². The third kappa shape index (κ3) is 10.8. The lowest BCUT2D eigenvalue weighted by Crippen LogP contribution is -2.02. The van der Waals surface area contributed by atoms with E-state index in [9.17, 15) is 0 Å². The monoisotopic (exact) mass is 248 g/mol. The molecule has 1 atom stereocenters. The van der Waals surface area contributed by atoms with E-state index in [1.54, 1.807) is 0 Å². The predicted molar refractivity (Wildman–Crippen MR) is 72.4 cm³/mol. The molecule has 0 aliphatic carbocycles. The fourth-order valence-corrected chi connectivity index (χ4v) is 2.07. The van der Waals surface area contributed by atoms with Gasteiger partial charge in [0.15, 0.2) is 0 Å². The molecule has 102 valence electrons. The first-order valence-electron chi connectivity index (χ1n) is 7.63. The summed E-state index contributed by atoms with van der Waals surface area (Å²) in [4.78, 5) is 0. The molecule has 2 nitrogen and oxygen atoms in total. The molecule has 17 heavy (non-hydrogen) atoms. The van der Waals surface area contributed by atoms with Gasteiger partial charge in [0.1, 0.15) is 6.10 Å². The maximum absolute atomic E-state index is 5.50. The Hall–Kier alpha value is -0.0800. The van der Waals surface area contributed by atoms with Crippen LogP contribution in [0.4, 0.5) is 0 Å². The van der Waals surface area contributed by atoms with E-state index in [-0.39, 0.29) is 0 Å². The molecule has 1 heterocycles. The van der Waals surface area contributed by atoms with Crippen LogP contribution < -0.4 is 0 Å². The summed E-state index contributed by atoms with van der Waals surface area (Å²) in [5, 5.41) is 0. The van der Waals surface area contributed by atoms with Crippen molar-refractivity contribution in [3.8, 4) is 0 Å². The Labute approximate surface area is 107 Å². The highest BCUT2D eigenvalue weighted by Gasteiger charge is 2.21. The molecule has 1 unspecified atom stereocenters. The third-order valence-electron chi connectivity index (χ3n) is 3.35. The number of ether oxygens (including phenoxy) is 2. The highest BCUT2D eigenvalue weighted by molar-refractivity contribution is 4.66. The van der Waals surface area contributed by atoms with Gasteiger partial charge in [-0.1, -0.05) is 64.7 Å². The molecule has 1 aliphatic heterocycles. The average Bonchev–Trinajstić information content (AvgIpc) is 3.15. The first-order valence-corrected chi connectivity index (χ1v) is 7.63. The molecule has 0 spiro atoms. The van der Waals surface area contributed by atoms with Gasteiger partial charge in [-0.3, -0.25) is 0 Å². The van der Waals surface area contributed by atoms with Crippen molar-refractivity contribution in [3.63, 3.8) is 0 Å². The van der Waals surface area contributed by atoms with Gasteiger partial charge < -0.3 is 9.47 Å². The Balaban J connectivity index is 1.61. The zero-order chi connectivity index (χ0) is 12.2. The van der Waals surface area contributed by atoms with Crippen LogP contribution in [-0.2, 0) is 9.47 Å². The summed E-state index contributed by atoms with van der Waals surface area (Å²) < 4.78 is 10.6. The lowest BCUT2D eigenvalue weighted by molar-refractivity contribution is 0.113. The minimum absolute atomic E-state index is 0.429. The molecule has 0 N–H and O–H groups in total. The Morgan fingerprint density at radius 2 is 1.47 bits per heavy atom. The van der Waals surface area contributed by atoms with Crippen molar-refractivity contribution in [2.75, 3.05) is 19.8 Å². The SMILES string of the molecule is CCCCCCCCCCCCO[14CH2][14CH]1[14CH2]O1. The topological polar surface area (TPSA) is 21.8 Å². The van der Waals surface area contributed by atoms with Crippen LogP contribution in [-0.4, -0.2) is 25.9 Å². The number of hydrogen-bond donors (Lipinski definition) is 0. The van der Waals surface area contributed by atoms with Crippen LogP contribution in [0.5, 0.6) is 0 Å². The molecule has 0 radical (unpaired) electrons. The number of unbranched alkanes of at least 4 members (excludes halogenated alkanes) is 9. The zero-order valence-corrected chi connectivity index (χ0v) is 11.6. The minimum atomic E-state index is 0.429. The zero-order valence-electron chi connectivity index (χ0n) is 11.6. The highest BCUT2D eigenvalue weighted by atomic mass is 17.1. The maximum Gasteiger partial charge on any atom is 0.104 e. The Morgan fingerprint density at radius 3 is 2.00 bits per heavy atom. The van der Waals surface area contributed by atoms with E-state index in [0.717, 1.165) is 19.8 Å². The standard InChI is InChI=1S/C15H30O2/c1-2-3-4-5-6-7-8-9-10-11-12-16-13-15-14-17-15/h15H,2-14H2,1H3/i13+2,14+2,15+2. The second-order valence-corrected chi connectivity index (χ2v) is 5.21. The summed E-state index contributed by atoms with van der Waals surface area (Å²) in [6.45, 7) is 4.93. The summed E-state index contributed by atoms with van der Waals surface area (Å²) in [5.41, 5.74) is 0. The molecule has 0 bridgehead atoms. The molecule has 1 saturated heterocycles. The molecule has 0 saturated carbocycles. The fraction of sp³-hybridized carbons (Fsp3) is 1.00. The van der Waals surface area contributed by atoms with Crippen molar-refractivity contribution < 1.29 is 9.47 Å². The van der Waals surface area contributed by atoms with Crippen molar-refractivity contribution >= 4 is 0 Å². The molecule has 0 aromatic heterocycles. The highest BCUT2D eigenvalue weighted by Crippen LogP contribution is 2.11. The molecule has 1 fully saturated rings. The van der Waals surface area contributed by atoms with Gasteiger partial charge in [0, 0.05) is 6.61 Å². The van der Waals surface area contributed by atoms with Gasteiger partial charge in [-0.25, -0.2) is 0 Å². The van der Waals surface area contributed by atoms with Crippen LogP contribution in [0.25, 0.3) is 0 Å². The van der Waals surface area contributed by atoms with Crippen molar-refractivity contribution in [1.29, 1.82) is 0 Å². The van der Waals surface area contributed by atoms with Gasteiger partial charge in [-0.05, 0) is 6.42 Å².